The minimum absolute atomic E-state index is 0. The predicted molar refractivity (Wildman–Crippen MR) is 81.8 cm³/mol. The summed E-state index contributed by atoms with van der Waals surface area (Å²) in [5, 5.41) is 4.16. The molecule has 0 fully saturated rings. The Morgan fingerprint density at radius 3 is 2.65 bits per heavy atom. The third kappa shape index (κ3) is 3.37. The molecule has 0 spiro atoms. The van der Waals surface area contributed by atoms with Gasteiger partial charge in [-0.15, -0.1) is 12.4 Å². The molecule has 106 valence electrons. The van der Waals surface area contributed by atoms with E-state index in [1.165, 1.54) is 0 Å². The van der Waals surface area contributed by atoms with Gasteiger partial charge in [0.15, 0.2) is 11.5 Å². The number of hydrogen-bond acceptors (Lipinski definition) is 3. The van der Waals surface area contributed by atoms with E-state index in [1.54, 1.807) is 0 Å². The number of fused-ring (bicyclic) bond motifs is 1. The number of halogens is 2. The first-order chi connectivity index (χ1) is 9.33. The van der Waals surface area contributed by atoms with E-state index < -0.39 is 0 Å². The van der Waals surface area contributed by atoms with E-state index >= 15 is 0 Å². The predicted octanol–water partition coefficient (Wildman–Crippen LogP) is 3.78. The van der Waals surface area contributed by atoms with Crippen LogP contribution in [0.1, 0.15) is 11.1 Å². The van der Waals surface area contributed by atoms with Crippen LogP contribution in [0.25, 0.3) is 0 Å². The zero-order valence-electron chi connectivity index (χ0n) is 10.8. The van der Waals surface area contributed by atoms with E-state index in [-0.39, 0.29) is 12.4 Å². The van der Waals surface area contributed by atoms with Gasteiger partial charge < -0.3 is 14.8 Å². The molecule has 0 saturated heterocycles. The second-order valence-corrected chi connectivity index (χ2v) is 4.79. The summed E-state index contributed by atoms with van der Waals surface area (Å²) in [6, 6.07) is 13.8. The maximum Gasteiger partial charge on any atom is 0.231 e. The molecule has 0 bridgehead atoms. The summed E-state index contributed by atoms with van der Waals surface area (Å²) in [5.41, 5.74) is 2.27. The Bertz CT molecular complexity index is 590. The molecule has 1 aliphatic heterocycles. The first-order valence-corrected chi connectivity index (χ1v) is 6.53. The van der Waals surface area contributed by atoms with Crippen molar-refractivity contribution in [1.82, 2.24) is 5.32 Å². The molecular weight excluding hydrogens is 297 g/mol. The summed E-state index contributed by atoms with van der Waals surface area (Å²) >= 11 is 6.11. The number of benzene rings is 2. The van der Waals surface area contributed by atoms with E-state index in [0.29, 0.717) is 6.79 Å². The maximum absolute atomic E-state index is 6.11. The molecule has 2 aromatic carbocycles. The molecule has 1 N–H and O–H groups in total. The van der Waals surface area contributed by atoms with Gasteiger partial charge in [-0.05, 0) is 29.3 Å². The number of rotatable bonds is 4. The first kappa shape index (κ1) is 15.0. The third-order valence-corrected chi connectivity index (χ3v) is 3.41. The summed E-state index contributed by atoms with van der Waals surface area (Å²) in [5.74, 6) is 1.63. The van der Waals surface area contributed by atoms with Gasteiger partial charge in [-0.25, -0.2) is 0 Å². The Labute approximate surface area is 129 Å². The molecule has 3 nitrogen and oxygen atoms in total. The van der Waals surface area contributed by atoms with Crippen molar-refractivity contribution in [2.75, 3.05) is 6.79 Å². The fraction of sp³-hybridized carbons (Fsp3) is 0.200. The van der Waals surface area contributed by atoms with Crippen LogP contribution in [0.4, 0.5) is 0 Å². The molecule has 0 aliphatic carbocycles. The Morgan fingerprint density at radius 1 is 1.00 bits per heavy atom. The van der Waals surface area contributed by atoms with Crippen molar-refractivity contribution >= 4 is 24.0 Å². The van der Waals surface area contributed by atoms with Gasteiger partial charge in [-0.1, -0.05) is 35.9 Å². The van der Waals surface area contributed by atoms with Gasteiger partial charge in [0.25, 0.3) is 0 Å². The zero-order valence-corrected chi connectivity index (χ0v) is 12.3. The second-order valence-electron chi connectivity index (χ2n) is 4.38. The fourth-order valence-corrected chi connectivity index (χ4v) is 2.24. The lowest BCUT2D eigenvalue weighted by Crippen LogP contribution is -2.12. The molecular formula is C15H15Cl2NO2. The van der Waals surface area contributed by atoms with Crippen LogP contribution < -0.4 is 14.8 Å². The van der Waals surface area contributed by atoms with Crippen molar-refractivity contribution in [2.45, 2.75) is 13.1 Å². The molecule has 0 amide bonds. The van der Waals surface area contributed by atoms with Crippen molar-refractivity contribution in [2.24, 2.45) is 0 Å². The first-order valence-electron chi connectivity index (χ1n) is 6.15. The lowest BCUT2D eigenvalue weighted by Gasteiger charge is -2.07. The lowest BCUT2D eigenvalue weighted by molar-refractivity contribution is 0.174. The summed E-state index contributed by atoms with van der Waals surface area (Å²) < 4.78 is 10.6. The molecule has 1 aliphatic rings. The van der Waals surface area contributed by atoms with Crippen molar-refractivity contribution in [1.29, 1.82) is 0 Å². The molecule has 0 unspecified atom stereocenters. The quantitative estimate of drug-likeness (QED) is 0.932. The van der Waals surface area contributed by atoms with Crippen LogP contribution in [-0.4, -0.2) is 6.79 Å². The molecule has 3 rings (SSSR count). The Kier molecular flexibility index (Phi) is 5.12. The Morgan fingerprint density at radius 2 is 1.80 bits per heavy atom. The molecule has 1 heterocycles. The standard InChI is InChI=1S/C15H14ClNO2.ClH/c16-13-4-2-1-3-12(13)9-17-8-11-5-6-14-15(7-11)19-10-18-14;/h1-7,17H,8-10H2;1H. The van der Waals surface area contributed by atoms with E-state index in [4.69, 9.17) is 21.1 Å². The van der Waals surface area contributed by atoms with Crippen molar-refractivity contribution in [3.05, 3.63) is 58.6 Å². The van der Waals surface area contributed by atoms with E-state index in [0.717, 1.165) is 40.7 Å². The second kappa shape index (κ2) is 6.84. The van der Waals surface area contributed by atoms with Gasteiger partial charge in [-0.2, -0.15) is 0 Å². The summed E-state index contributed by atoms with van der Waals surface area (Å²) in [6.45, 7) is 1.82. The van der Waals surface area contributed by atoms with Gasteiger partial charge in [0.05, 0.1) is 0 Å². The highest BCUT2D eigenvalue weighted by Crippen LogP contribution is 2.32. The van der Waals surface area contributed by atoms with Crippen LogP contribution in [0.15, 0.2) is 42.5 Å². The summed E-state index contributed by atoms with van der Waals surface area (Å²) in [6.07, 6.45) is 0. The van der Waals surface area contributed by atoms with Crippen LogP contribution in [-0.2, 0) is 13.1 Å². The van der Waals surface area contributed by atoms with Crippen LogP contribution in [0, 0.1) is 0 Å². The van der Waals surface area contributed by atoms with Gasteiger partial charge >= 0.3 is 0 Å². The molecule has 20 heavy (non-hydrogen) atoms. The number of hydrogen-bond donors (Lipinski definition) is 1. The molecule has 0 atom stereocenters. The minimum Gasteiger partial charge on any atom is -0.454 e. The molecule has 2 aromatic rings. The SMILES string of the molecule is Cl.Clc1ccccc1CNCc1ccc2c(c1)OCO2. The molecule has 5 heteroatoms. The summed E-state index contributed by atoms with van der Waals surface area (Å²) in [4.78, 5) is 0. The Hall–Kier alpha value is -1.42. The smallest absolute Gasteiger partial charge is 0.231 e. The largest absolute Gasteiger partial charge is 0.454 e. The van der Waals surface area contributed by atoms with Gasteiger partial charge in [0.1, 0.15) is 0 Å². The van der Waals surface area contributed by atoms with E-state index in [2.05, 4.69) is 5.32 Å². The molecule has 0 radical (unpaired) electrons. The third-order valence-electron chi connectivity index (χ3n) is 3.04. The average molecular weight is 312 g/mol. The van der Waals surface area contributed by atoms with E-state index in [9.17, 15) is 0 Å². The van der Waals surface area contributed by atoms with E-state index in [1.807, 2.05) is 42.5 Å². The highest BCUT2D eigenvalue weighted by Gasteiger charge is 2.12. The summed E-state index contributed by atoms with van der Waals surface area (Å²) in [7, 11) is 0. The van der Waals surface area contributed by atoms with Crippen LogP contribution in [0.3, 0.4) is 0 Å². The van der Waals surface area contributed by atoms with Crippen LogP contribution in [0.2, 0.25) is 5.02 Å². The normalized spacial score (nSPS) is 12.1. The van der Waals surface area contributed by atoms with Gasteiger partial charge in [-0.3, -0.25) is 0 Å². The number of nitrogens with one attached hydrogen (secondary N) is 1. The minimum atomic E-state index is 0. The molecule has 0 aromatic heterocycles. The zero-order chi connectivity index (χ0) is 13.1. The monoisotopic (exact) mass is 311 g/mol. The maximum atomic E-state index is 6.11. The van der Waals surface area contributed by atoms with Crippen molar-refractivity contribution < 1.29 is 9.47 Å². The lowest BCUT2D eigenvalue weighted by atomic mass is 10.2. The van der Waals surface area contributed by atoms with Gasteiger partial charge in [0, 0.05) is 18.1 Å². The van der Waals surface area contributed by atoms with Crippen molar-refractivity contribution in [3.63, 3.8) is 0 Å². The Balaban J connectivity index is 0.00000147. The van der Waals surface area contributed by atoms with Crippen molar-refractivity contribution in [3.8, 4) is 11.5 Å². The van der Waals surface area contributed by atoms with Crippen LogP contribution in [0.5, 0.6) is 11.5 Å². The highest BCUT2D eigenvalue weighted by atomic mass is 35.5. The topological polar surface area (TPSA) is 30.5 Å². The molecule has 0 saturated carbocycles. The highest BCUT2D eigenvalue weighted by molar-refractivity contribution is 6.31. The average Bonchev–Trinajstić information content (AvgIpc) is 2.88. The van der Waals surface area contributed by atoms with Crippen LogP contribution >= 0.6 is 24.0 Å². The van der Waals surface area contributed by atoms with Gasteiger partial charge in [0.2, 0.25) is 6.79 Å². The fourth-order valence-electron chi connectivity index (χ4n) is 2.03. The number of ether oxygens (including phenoxy) is 2.